The van der Waals surface area contributed by atoms with E-state index in [4.69, 9.17) is 0 Å². The molecular formula is C16H29N3O. The number of rotatable bonds is 5. The number of likely N-dealkylation sites (N-methyl/N-ethyl adjacent to an activating group) is 1. The van der Waals surface area contributed by atoms with E-state index in [1.54, 1.807) is 0 Å². The van der Waals surface area contributed by atoms with Gasteiger partial charge in [0.1, 0.15) is 0 Å². The third-order valence-electron chi connectivity index (χ3n) is 5.04. The second-order valence-electron chi connectivity index (χ2n) is 6.92. The van der Waals surface area contributed by atoms with E-state index in [-0.39, 0.29) is 11.4 Å². The summed E-state index contributed by atoms with van der Waals surface area (Å²) in [5.74, 6) is 1.61. The van der Waals surface area contributed by atoms with E-state index in [0.29, 0.717) is 24.9 Å². The Kier molecular flexibility index (Phi) is 4.55. The Morgan fingerprint density at radius 2 is 2.15 bits per heavy atom. The van der Waals surface area contributed by atoms with Gasteiger partial charge in [0.05, 0.1) is 6.54 Å². The summed E-state index contributed by atoms with van der Waals surface area (Å²) in [7, 11) is 0. The number of amides is 1. The monoisotopic (exact) mass is 279 g/mol. The van der Waals surface area contributed by atoms with Crippen LogP contribution in [0.5, 0.6) is 0 Å². The van der Waals surface area contributed by atoms with Crippen LogP contribution in [0.25, 0.3) is 0 Å². The first kappa shape index (κ1) is 15.5. The molecule has 1 amide bonds. The maximum atomic E-state index is 12.5. The van der Waals surface area contributed by atoms with Crippen LogP contribution >= 0.6 is 0 Å². The van der Waals surface area contributed by atoms with Crippen LogP contribution in [0.3, 0.4) is 0 Å². The molecule has 114 valence electrons. The average molecular weight is 279 g/mol. The first-order valence-electron chi connectivity index (χ1n) is 7.74. The van der Waals surface area contributed by atoms with Gasteiger partial charge in [0.25, 0.3) is 0 Å². The van der Waals surface area contributed by atoms with Gasteiger partial charge in [-0.2, -0.15) is 0 Å². The van der Waals surface area contributed by atoms with Gasteiger partial charge in [0.15, 0.2) is 0 Å². The molecule has 0 aromatic rings. The first-order chi connectivity index (χ1) is 9.36. The lowest BCUT2D eigenvalue weighted by molar-refractivity contribution is -0.132. The van der Waals surface area contributed by atoms with E-state index < -0.39 is 0 Å². The maximum absolute atomic E-state index is 12.5. The minimum atomic E-state index is 0.118. The van der Waals surface area contributed by atoms with Gasteiger partial charge in [-0.3, -0.25) is 9.69 Å². The lowest BCUT2D eigenvalue weighted by Gasteiger charge is -2.36. The highest BCUT2D eigenvalue weighted by Gasteiger charge is 2.49. The van der Waals surface area contributed by atoms with E-state index in [9.17, 15) is 4.79 Å². The minimum absolute atomic E-state index is 0.118. The third kappa shape index (κ3) is 2.91. The Hall–Kier alpha value is -0.870. The topological polar surface area (TPSA) is 35.6 Å². The van der Waals surface area contributed by atoms with Crippen molar-refractivity contribution in [2.45, 2.75) is 33.2 Å². The van der Waals surface area contributed by atoms with Crippen molar-refractivity contribution in [1.29, 1.82) is 0 Å². The molecule has 0 aromatic carbocycles. The Morgan fingerprint density at radius 3 is 2.70 bits per heavy atom. The molecule has 2 heterocycles. The van der Waals surface area contributed by atoms with Gasteiger partial charge >= 0.3 is 0 Å². The van der Waals surface area contributed by atoms with Crippen molar-refractivity contribution in [3.05, 3.63) is 12.2 Å². The second kappa shape index (κ2) is 5.86. The van der Waals surface area contributed by atoms with Crippen molar-refractivity contribution >= 4 is 5.91 Å². The number of carbonyl (C=O) groups is 1. The van der Waals surface area contributed by atoms with Crippen LogP contribution in [0.2, 0.25) is 0 Å². The van der Waals surface area contributed by atoms with E-state index in [2.05, 4.69) is 30.6 Å². The molecule has 2 aliphatic heterocycles. The summed E-state index contributed by atoms with van der Waals surface area (Å²) in [6, 6.07) is 0. The normalized spacial score (nSPS) is 28.4. The van der Waals surface area contributed by atoms with Crippen LogP contribution in [0.4, 0.5) is 0 Å². The molecule has 2 saturated heterocycles. The quantitative estimate of drug-likeness (QED) is 0.772. The second-order valence-corrected chi connectivity index (χ2v) is 6.92. The summed E-state index contributed by atoms with van der Waals surface area (Å²) in [6.45, 7) is 17.7. The standard InChI is InChI=1S/C16H29N3O/c1-6-18(9-12(2)3)15(20)11-19-10-13-7-17-8-14(13)16(19,4)5/h13-14,17H,2,6-11H2,1,3-5H3. The van der Waals surface area contributed by atoms with Gasteiger partial charge in [-0.15, -0.1) is 0 Å². The molecule has 2 aliphatic rings. The average Bonchev–Trinajstić information content (AvgIpc) is 2.90. The molecule has 0 saturated carbocycles. The zero-order valence-electron chi connectivity index (χ0n) is 13.4. The fraction of sp³-hybridized carbons (Fsp3) is 0.812. The molecule has 0 bridgehead atoms. The molecule has 2 rings (SSSR count). The Bertz CT molecular complexity index is 391. The number of carbonyl (C=O) groups excluding carboxylic acids is 1. The van der Waals surface area contributed by atoms with Crippen molar-refractivity contribution in [2.75, 3.05) is 39.3 Å². The fourth-order valence-corrected chi connectivity index (χ4v) is 3.74. The highest BCUT2D eigenvalue weighted by Crippen LogP contribution is 2.40. The van der Waals surface area contributed by atoms with Gasteiger partial charge < -0.3 is 10.2 Å². The SMILES string of the molecule is C=C(C)CN(CC)C(=O)CN1CC2CNCC2C1(C)C. The molecule has 4 nitrogen and oxygen atoms in total. The molecule has 2 unspecified atom stereocenters. The van der Waals surface area contributed by atoms with Crippen LogP contribution in [-0.4, -0.2) is 60.5 Å². The summed E-state index contributed by atoms with van der Waals surface area (Å²) < 4.78 is 0. The van der Waals surface area contributed by atoms with Crippen LogP contribution in [0.1, 0.15) is 27.7 Å². The van der Waals surface area contributed by atoms with Gasteiger partial charge in [0, 0.05) is 31.7 Å². The molecule has 0 radical (unpaired) electrons. The fourth-order valence-electron chi connectivity index (χ4n) is 3.74. The lowest BCUT2D eigenvalue weighted by atomic mass is 9.85. The summed E-state index contributed by atoms with van der Waals surface area (Å²) >= 11 is 0. The van der Waals surface area contributed by atoms with Crippen LogP contribution < -0.4 is 5.32 Å². The van der Waals surface area contributed by atoms with Gasteiger partial charge in [-0.25, -0.2) is 0 Å². The third-order valence-corrected chi connectivity index (χ3v) is 5.04. The van der Waals surface area contributed by atoms with Gasteiger partial charge in [-0.05, 0) is 46.1 Å². The smallest absolute Gasteiger partial charge is 0.237 e. The molecule has 1 N–H and O–H groups in total. The largest absolute Gasteiger partial charge is 0.338 e. The first-order valence-corrected chi connectivity index (χ1v) is 7.74. The zero-order chi connectivity index (χ0) is 14.9. The van der Waals surface area contributed by atoms with Gasteiger partial charge in [0.2, 0.25) is 5.91 Å². The van der Waals surface area contributed by atoms with Crippen LogP contribution in [0, 0.1) is 11.8 Å². The van der Waals surface area contributed by atoms with Crippen molar-refractivity contribution in [3.63, 3.8) is 0 Å². The van der Waals surface area contributed by atoms with E-state index in [1.165, 1.54) is 0 Å². The molecule has 0 aliphatic carbocycles. The van der Waals surface area contributed by atoms with E-state index in [0.717, 1.165) is 31.8 Å². The number of nitrogens with one attached hydrogen (secondary N) is 1. The molecule has 2 atom stereocenters. The summed E-state index contributed by atoms with van der Waals surface area (Å²) in [4.78, 5) is 16.8. The van der Waals surface area contributed by atoms with Crippen LogP contribution in [0.15, 0.2) is 12.2 Å². The molecule has 4 heteroatoms. The van der Waals surface area contributed by atoms with Crippen molar-refractivity contribution in [3.8, 4) is 0 Å². The van der Waals surface area contributed by atoms with E-state index >= 15 is 0 Å². The number of nitrogens with zero attached hydrogens (tertiary/aromatic N) is 2. The highest BCUT2D eigenvalue weighted by atomic mass is 16.2. The van der Waals surface area contributed by atoms with E-state index in [1.807, 2.05) is 18.7 Å². The van der Waals surface area contributed by atoms with Crippen molar-refractivity contribution < 1.29 is 4.79 Å². The number of hydrogen-bond donors (Lipinski definition) is 1. The molecule has 20 heavy (non-hydrogen) atoms. The van der Waals surface area contributed by atoms with Crippen LogP contribution in [-0.2, 0) is 4.79 Å². The lowest BCUT2D eigenvalue weighted by Crippen LogP contribution is -2.49. The Morgan fingerprint density at radius 1 is 1.45 bits per heavy atom. The van der Waals surface area contributed by atoms with Gasteiger partial charge in [-0.1, -0.05) is 12.2 Å². The number of fused-ring (bicyclic) bond motifs is 1. The zero-order valence-corrected chi connectivity index (χ0v) is 13.4. The molecule has 0 spiro atoms. The Labute approximate surface area is 123 Å². The Balaban J connectivity index is 1.99. The molecule has 2 fully saturated rings. The molecule has 0 aromatic heterocycles. The molecular weight excluding hydrogens is 250 g/mol. The minimum Gasteiger partial charge on any atom is -0.338 e. The summed E-state index contributed by atoms with van der Waals surface area (Å²) in [5.41, 5.74) is 1.16. The van der Waals surface area contributed by atoms with Crippen molar-refractivity contribution in [1.82, 2.24) is 15.1 Å². The number of likely N-dealkylation sites (tertiary alicyclic amines) is 1. The van der Waals surface area contributed by atoms with Crippen molar-refractivity contribution in [2.24, 2.45) is 11.8 Å². The predicted octanol–water partition coefficient (Wildman–Crippen LogP) is 1.34. The highest BCUT2D eigenvalue weighted by molar-refractivity contribution is 5.78. The summed E-state index contributed by atoms with van der Waals surface area (Å²) in [6.07, 6.45) is 0. The summed E-state index contributed by atoms with van der Waals surface area (Å²) in [5, 5.41) is 3.48. The number of hydrogen-bond acceptors (Lipinski definition) is 3. The maximum Gasteiger partial charge on any atom is 0.237 e. The predicted molar refractivity (Wildman–Crippen MR) is 82.6 cm³/mol.